The molecule has 142 valence electrons. The highest BCUT2D eigenvalue weighted by Gasteiger charge is 2.28. The summed E-state index contributed by atoms with van der Waals surface area (Å²) in [6.45, 7) is 10.8. The Kier molecular flexibility index (Phi) is 6.53. The summed E-state index contributed by atoms with van der Waals surface area (Å²) in [4.78, 5) is 14.9. The van der Waals surface area contributed by atoms with Crippen LogP contribution < -0.4 is 5.73 Å². The van der Waals surface area contributed by atoms with Crippen LogP contribution in [0.3, 0.4) is 0 Å². The maximum absolute atomic E-state index is 13.0. The molecule has 1 aromatic heterocycles. The van der Waals surface area contributed by atoms with E-state index >= 15 is 0 Å². The van der Waals surface area contributed by atoms with Crippen LogP contribution in [0.5, 0.6) is 0 Å². The highest BCUT2D eigenvalue weighted by atomic mass is 35.5. The monoisotopic (exact) mass is 375 g/mol. The molecule has 0 aliphatic carbocycles. The number of rotatable bonds is 4. The van der Waals surface area contributed by atoms with Crippen molar-refractivity contribution in [3.05, 3.63) is 52.8 Å². The molecule has 0 bridgehead atoms. The molecule has 0 radical (unpaired) electrons. The van der Waals surface area contributed by atoms with Crippen LogP contribution in [0, 0.1) is 19.8 Å². The number of nitrogens with zero attached hydrogens (tertiary/aromatic N) is 2. The van der Waals surface area contributed by atoms with Crippen molar-refractivity contribution in [1.82, 2.24) is 9.47 Å². The lowest BCUT2D eigenvalue weighted by Gasteiger charge is -2.17. The first-order valence-electron chi connectivity index (χ1n) is 9.21. The van der Waals surface area contributed by atoms with Crippen molar-refractivity contribution in [2.75, 3.05) is 19.6 Å². The minimum atomic E-state index is 0. The Balaban J connectivity index is 0.00000243. The summed E-state index contributed by atoms with van der Waals surface area (Å²) in [5.41, 5.74) is 11.1. The number of aromatic nitrogens is 1. The second-order valence-corrected chi connectivity index (χ2v) is 7.51. The molecular weight excluding hydrogens is 346 g/mol. The van der Waals surface area contributed by atoms with E-state index in [-0.39, 0.29) is 18.3 Å². The summed E-state index contributed by atoms with van der Waals surface area (Å²) in [7, 11) is 0. The maximum Gasteiger partial charge on any atom is 0.255 e. The summed E-state index contributed by atoms with van der Waals surface area (Å²) < 4.78 is 2.19. The van der Waals surface area contributed by atoms with Gasteiger partial charge < -0.3 is 15.2 Å². The summed E-state index contributed by atoms with van der Waals surface area (Å²) in [5, 5.41) is 0. The van der Waals surface area contributed by atoms with Gasteiger partial charge in [-0.05, 0) is 62.4 Å². The number of amides is 1. The van der Waals surface area contributed by atoms with E-state index in [0.29, 0.717) is 18.4 Å². The average Bonchev–Trinajstić information content (AvgIpc) is 3.19. The predicted molar refractivity (Wildman–Crippen MR) is 110 cm³/mol. The van der Waals surface area contributed by atoms with Gasteiger partial charge in [0.1, 0.15) is 0 Å². The van der Waals surface area contributed by atoms with Gasteiger partial charge in [0.2, 0.25) is 0 Å². The number of nitrogens with two attached hydrogens (primary N) is 1. The Morgan fingerprint density at radius 3 is 2.62 bits per heavy atom. The number of likely N-dealkylation sites (tertiary alicyclic amines) is 1. The fourth-order valence-electron chi connectivity index (χ4n) is 3.78. The molecule has 1 aliphatic rings. The van der Waals surface area contributed by atoms with E-state index in [2.05, 4.69) is 49.6 Å². The summed E-state index contributed by atoms with van der Waals surface area (Å²) in [5.74, 6) is 1.06. The van der Waals surface area contributed by atoms with Crippen LogP contribution in [0.4, 0.5) is 0 Å². The zero-order valence-corrected chi connectivity index (χ0v) is 17.0. The molecule has 26 heavy (non-hydrogen) atoms. The van der Waals surface area contributed by atoms with Gasteiger partial charge in [-0.15, -0.1) is 12.4 Å². The van der Waals surface area contributed by atoms with Crippen molar-refractivity contribution in [3.63, 3.8) is 0 Å². The normalized spacial score (nSPS) is 16.8. The second kappa shape index (κ2) is 8.28. The molecule has 1 unspecified atom stereocenters. The van der Waals surface area contributed by atoms with Gasteiger partial charge in [-0.2, -0.15) is 0 Å². The van der Waals surface area contributed by atoms with Gasteiger partial charge in [-0.3, -0.25) is 4.79 Å². The van der Waals surface area contributed by atoms with Crippen LogP contribution in [0.1, 0.15) is 53.5 Å². The lowest BCUT2D eigenvalue weighted by molar-refractivity contribution is 0.0787. The van der Waals surface area contributed by atoms with Crippen molar-refractivity contribution >= 4 is 18.3 Å². The topological polar surface area (TPSA) is 51.3 Å². The Morgan fingerprint density at radius 2 is 2.00 bits per heavy atom. The number of carbonyl (C=O) groups excluding carboxylic acids is 1. The molecule has 2 N–H and O–H groups in total. The number of hydrogen-bond acceptors (Lipinski definition) is 2. The number of benzene rings is 1. The Bertz CT molecular complexity index is 782. The van der Waals surface area contributed by atoms with Gasteiger partial charge in [0.15, 0.2) is 0 Å². The first-order chi connectivity index (χ1) is 11.9. The smallest absolute Gasteiger partial charge is 0.255 e. The van der Waals surface area contributed by atoms with Crippen LogP contribution in [0.15, 0.2) is 30.3 Å². The molecule has 1 atom stereocenters. The highest BCUT2D eigenvalue weighted by molar-refractivity contribution is 5.96. The van der Waals surface area contributed by atoms with Gasteiger partial charge in [-0.25, -0.2) is 0 Å². The largest absolute Gasteiger partial charge is 0.338 e. The molecule has 2 aromatic rings. The predicted octanol–water partition coefficient (Wildman–Crippen LogP) is 4.06. The molecule has 2 heterocycles. The van der Waals surface area contributed by atoms with Crippen molar-refractivity contribution in [1.29, 1.82) is 0 Å². The molecule has 4 nitrogen and oxygen atoms in total. The van der Waals surface area contributed by atoms with E-state index in [0.717, 1.165) is 42.1 Å². The summed E-state index contributed by atoms with van der Waals surface area (Å²) in [6.07, 6.45) is 1.01. The molecule has 1 fully saturated rings. The van der Waals surface area contributed by atoms with Crippen LogP contribution in [-0.2, 0) is 0 Å². The molecule has 1 saturated heterocycles. The van der Waals surface area contributed by atoms with Gasteiger partial charge >= 0.3 is 0 Å². The Hall–Kier alpha value is -1.78. The van der Waals surface area contributed by atoms with Crippen LogP contribution >= 0.6 is 12.4 Å². The fraction of sp³-hybridized carbons (Fsp3) is 0.476. The molecule has 1 amide bonds. The van der Waals surface area contributed by atoms with Gasteiger partial charge in [0.05, 0.1) is 5.56 Å². The van der Waals surface area contributed by atoms with E-state index in [4.69, 9.17) is 5.73 Å². The third-order valence-electron chi connectivity index (χ3n) is 5.36. The average molecular weight is 376 g/mol. The van der Waals surface area contributed by atoms with Crippen LogP contribution in [0.25, 0.3) is 5.69 Å². The number of hydrogen-bond donors (Lipinski definition) is 1. The van der Waals surface area contributed by atoms with E-state index in [9.17, 15) is 4.79 Å². The van der Waals surface area contributed by atoms with Gasteiger partial charge in [0, 0.05) is 30.2 Å². The standard InChI is InChI=1S/C21H29N3O.ClH/c1-14(2)18-6-5-7-19(11-18)24-15(3)10-20(16(24)4)21(25)23-9-8-17(12-22)13-23;/h5-7,10-11,14,17H,8-9,12-13,22H2,1-4H3;1H. The summed E-state index contributed by atoms with van der Waals surface area (Å²) >= 11 is 0. The first kappa shape index (κ1) is 20.5. The summed E-state index contributed by atoms with van der Waals surface area (Å²) in [6, 6.07) is 10.6. The molecule has 1 aromatic carbocycles. The molecule has 3 rings (SSSR count). The van der Waals surface area contributed by atoms with E-state index in [1.165, 1.54) is 5.56 Å². The van der Waals surface area contributed by atoms with Crippen molar-refractivity contribution in [2.45, 2.75) is 40.0 Å². The van der Waals surface area contributed by atoms with Crippen molar-refractivity contribution in [3.8, 4) is 5.69 Å². The number of aryl methyl sites for hydroxylation is 1. The SMILES string of the molecule is Cc1cc(C(=O)N2CCC(CN)C2)c(C)n1-c1cccc(C(C)C)c1.Cl. The van der Waals surface area contributed by atoms with Gasteiger partial charge in [-0.1, -0.05) is 26.0 Å². The minimum absolute atomic E-state index is 0. The Labute approximate surface area is 162 Å². The quantitative estimate of drug-likeness (QED) is 0.876. The van der Waals surface area contributed by atoms with Crippen LogP contribution in [0.2, 0.25) is 0 Å². The van der Waals surface area contributed by atoms with E-state index in [1.54, 1.807) is 0 Å². The molecular formula is C21H30ClN3O. The number of halogens is 1. The van der Waals surface area contributed by atoms with E-state index in [1.807, 2.05) is 17.9 Å². The molecule has 0 spiro atoms. The zero-order valence-electron chi connectivity index (χ0n) is 16.2. The zero-order chi connectivity index (χ0) is 18.1. The maximum atomic E-state index is 13.0. The van der Waals surface area contributed by atoms with Crippen LogP contribution in [-0.4, -0.2) is 35.0 Å². The van der Waals surface area contributed by atoms with Gasteiger partial charge in [0.25, 0.3) is 5.91 Å². The highest BCUT2D eigenvalue weighted by Crippen LogP contribution is 2.26. The van der Waals surface area contributed by atoms with Crippen molar-refractivity contribution < 1.29 is 4.79 Å². The number of carbonyl (C=O) groups is 1. The lowest BCUT2D eigenvalue weighted by atomic mass is 10.0. The van der Waals surface area contributed by atoms with E-state index < -0.39 is 0 Å². The molecule has 1 aliphatic heterocycles. The molecule has 0 saturated carbocycles. The third-order valence-corrected chi connectivity index (χ3v) is 5.36. The first-order valence-corrected chi connectivity index (χ1v) is 9.21. The fourth-order valence-corrected chi connectivity index (χ4v) is 3.78. The minimum Gasteiger partial charge on any atom is -0.338 e. The lowest BCUT2D eigenvalue weighted by Crippen LogP contribution is -2.30. The molecule has 5 heteroatoms. The second-order valence-electron chi connectivity index (χ2n) is 7.51. The van der Waals surface area contributed by atoms with Crippen molar-refractivity contribution in [2.24, 2.45) is 11.7 Å². The Morgan fingerprint density at radius 1 is 1.27 bits per heavy atom. The third kappa shape index (κ3) is 3.81.